The maximum Gasteiger partial charge on any atom is 0.116 e. The van der Waals surface area contributed by atoms with Crippen molar-refractivity contribution in [3.05, 3.63) is 29.5 Å². The van der Waals surface area contributed by atoms with Gasteiger partial charge < -0.3 is 15.4 Å². The molecule has 1 aliphatic carbocycles. The van der Waals surface area contributed by atoms with E-state index in [0.717, 1.165) is 24.8 Å². The van der Waals surface area contributed by atoms with Crippen LogP contribution in [0.1, 0.15) is 37.9 Å². The number of aromatic hydroxyl groups is 1. The van der Waals surface area contributed by atoms with Crippen LogP contribution in [0.2, 0.25) is 0 Å². The van der Waals surface area contributed by atoms with Crippen LogP contribution in [0.3, 0.4) is 0 Å². The van der Waals surface area contributed by atoms with Crippen LogP contribution in [0.4, 0.5) is 0 Å². The number of aromatic nitrogens is 1. The first-order valence-corrected chi connectivity index (χ1v) is 7.26. The molecule has 0 radical (unpaired) electrons. The van der Waals surface area contributed by atoms with Crippen LogP contribution in [-0.4, -0.2) is 22.2 Å². The first-order valence-electron chi connectivity index (χ1n) is 7.26. The number of aromatic amines is 1. The van der Waals surface area contributed by atoms with E-state index in [-0.39, 0.29) is 12.4 Å². The number of H-pyrrole nitrogens is 1. The Morgan fingerprint density at radius 2 is 2.25 bits per heavy atom. The van der Waals surface area contributed by atoms with Gasteiger partial charge in [-0.15, -0.1) is 12.4 Å². The molecule has 2 aromatic rings. The Hall–Kier alpha value is -1.19. The summed E-state index contributed by atoms with van der Waals surface area (Å²) in [6.07, 6.45) is 4.51. The zero-order valence-electron chi connectivity index (χ0n) is 12.1. The Labute approximate surface area is 126 Å². The minimum absolute atomic E-state index is 0. The lowest BCUT2D eigenvalue weighted by Gasteiger charge is -2.26. The predicted molar refractivity (Wildman–Crippen MR) is 85.9 cm³/mol. The molecular weight excluding hydrogens is 272 g/mol. The molecule has 0 saturated carbocycles. The Morgan fingerprint density at radius 3 is 3.00 bits per heavy atom. The lowest BCUT2D eigenvalue weighted by molar-refractivity contribution is 0.400. The molecule has 0 saturated heterocycles. The average Bonchev–Trinajstić information content (AvgIpc) is 2.76. The van der Waals surface area contributed by atoms with Gasteiger partial charge in [0.05, 0.1) is 0 Å². The van der Waals surface area contributed by atoms with E-state index in [1.54, 1.807) is 6.07 Å². The molecule has 4 heteroatoms. The van der Waals surface area contributed by atoms with Gasteiger partial charge in [0.25, 0.3) is 0 Å². The molecule has 0 spiro atoms. The van der Waals surface area contributed by atoms with Crippen molar-refractivity contribution in [2.75, 3.05) is 0 Å². The number of phenols is 1. The summed E-state index contributed by atoms with van der Waals surface area (Å²) >= 11 is 0. The van der Waals surface area contributed by atoms with Gasteiger partial charge >= 0.3 is 0 Å². The molecular formula is C16H23ClN2O. The van der Waals surface area contributed by atoms with Gasteiger partial charge in [-0.25, -0.2) is 0 Å². The zero-order valence-corrected chi connectivity index (χ0v) is 12.9. The number of fused-ring (bicyclic) bond motifs is 3. The molecule has 1 aromatic carbocycles. The van der Waals surface area contributed by atoms with Gasteiger partial charge in [0.2, 0.25) is 0 Å². The van der Waals surface area contributed by atoms with Crippen LogP contribution < -0.4 is 5.32 Å². The first kappa shape index (κ1) is 15.2. The minimum Gasteiger partial charge on any atom is -0.508 e. The molecule has 20 heavy (non-hydrogen) atoms. The molecule has 2 atom stereocenters. The highest BCUT2D eigenvalue weighted by Crippen LogP contribution is 2.31. The molecule has 1 aromatic heterocycles. The molecule has 3 N–H and O–H groups in total. The quantitative estimate of drug-likeness (QED) is 0.811. The second-order valence-electron chi connectivity index (χ2n) is 5.73. The second-order valence-corrected chi connectivity index (χ2v) is 5.73. The van der Waals surface area contributed by atoms with E-state index in [9.17, 15) is 5.11 Å². The summed E-state index contributed by atoms with van der Waals surface area (Å²) in [7, 11) is 0. The molecule has 0 bridgehead atoms. The summed E-state index contributed by atoms with van der Waals surface area (Å²) in [6, 6.07) is 6.74. The lowest BCUT2D eigenvalue weighted by atomic mass is 9.91. The summed E-state index contributed by atoms with van der Waals surface area (Å²) in [5.41, 5.74) is 3.88. The van der Waals surface area contributed by atoms with E-state index in [1.165, 1.54) is 23.1 Å². The third kappa shape index (κ3) is 2.79. The van der Waals surface area contributed by atoms with Gasteiger partial charge in [0, 0.05) is 28.7 Å². The topological polar surface area (TPSA) is 48.0 Å². The Bertz CT molecular complexity index is 593. The minimum atomic E-state index is 0. The van der Waals surface area contributed by atoms with Crippen LogP contribution in [0.15, 0.2) is 18.2 Å². The van der Waals surface area contributed by atoms with Crippen LogP contribution in [-0.2, 0) is 12.8 Å². The van der Waals surface area contributed by atoms with Gasteiger partial charge in [0.15, 0.2) is 0 Å². The van der Waals surface area contributed by atoms with Gasteiger partial charge in [-0.1, -0.05) is 6.92 Å². The fraction of sp³-hybridized carbons (Fsp3) is 0.500. The fourth-order valence-corrected chi connectivity index (χ4v) is 3.07. The molecule has 3 rings (SSSR count). The molecule has 2 unspecified atom stereocenters. The average molecular weight is 295 g/mol. The Morgan fingerprint density at radius 1 is 1.45 bits per heavy atom. The third-order valence-electron chi connectivity index (χ3n) is 4.30. The van der Waals surface area contributed by atoms with Crippen LogP contribution in [0.25, 0.3) is 10.9 Å². The summed E-state index contributed by atoms with van der Waals surface area (Å²) in [6.45, 7) is 4.46. The SMILES string of the molecule is CCC(C)NC1CCc2[nH]c3ccc(O)cc3c2C1.Cl. The van der Waals surface area contributed by atoms with Gasteiger partial charge in [-0.2, -0.15) is 0 Å². The Kier molecular flexibility index (Phi) is 4.61. The normalized spacial score (nSPS) is 19.4. The van der Waals surface area contributed by atoms with Crippen molar-refractivity contribution in [2.45, 2.75) is 51.6 Å². The van der Waals surface area contributed by atoms with Gasteiger partial charge in [0.1, 0.15) is 5.75 Å². The standard InChI is InChI=1S/C16H22N2O.ClH/c1-3-10(2)17-11-4-6-15-13(8-11)14-9-12(19)5-7-16(14)18-15;/h5,7,9-11,17-19H,3-4,6,8H2,1-2H3;1H. The van der Waals surface area contributed by atoms with Gasteiger partial charge in [-0.3, -0.25) is 0 Å². The summed E-state index contributed by atoms with van der Waals surface area (Å²) in [4.78, 5) is 3.49. The smallest absolute Gasteiger partial charge is 0.116 e. The Balaban J connectivity index is 0.00000147. The molecule has 1 aliphatic rings. The molecule has 3 nitrogen and oxygen atoms in total. The molecule has 0 amide bonds. The van der Waals surface area contributed by atoms with E-state index >= 15 is 0 Å². The van der Waals surface area contributed by atoms with Crippen molar-refractivity contribution in [1.29, 1.82) is 0 Å². The summed E-state index contributed by atoms with van der Waals surface area (Å²) in [5.74, 6) is 0.353. The molecule has 110 valence electrons. The summed E-state index contributed by atoms with van der Waals surface area (Å²) in [5, 5.41) is 14.6. The zero-order chi connectivity index (χ0) is 13.4. The van der Waals surface area contributed by atoms with Gasteiger partial charge in [-0.05, 0) is 56.4 Å². The number of hydrogen-bond donors (Lipinski definition) is 3. The van der Waals surface area contributed by atoms with E-state index in [4.69, 9.17) is 0 Å². The fourth-order valence-electron chi connectivity index (χ4n) is 3.07. The van der Waals surface area contributed by atoms with E-state index < -0.39 is 0 Å². The van der Waals surface area contributed by atoms with Crippen molar-refractivity contribution in [3.8, 4) is 5.75 Å². The maximum absolute atomic E-state index is 9.67. The number of nitrogens with one attached hydrogen (secondary N) is 2. The molecule has 0 fully saturated rings. The second kappa shape index (κ2) is 6.06. The largest absolute Gasteiger partial charge is 0.508 e. The van der Waals surface area contributed by atoms with Crippen molar-refractivity contribution in [2.24, 2.45) is 0 Å². The third-order valence-corrected chi connectivity index (χ3v) is 4.30. The van der Waals surface area contributed by atoms with E-state index in [1.807, 2.05) is 12.1 Å². The summed E-state index contributed by atoms with van der Waals surface area (Å²) < 4.78 is 0. The number of phenolic OH excluding ortho intramolecular Hbond substituents is 1. The van der Waals surface area contributed by atoms with E-state index in [0.29, 0.717) is 17.8 Å². The van der Waals surface area contributed by atoms with Crippen molar-refractivity contribution < 1.29 is 5.11 Å². The number of rotatable bonds is 3. The monoisotopic (exact) mass is 294 g/mol. The number of halogens is 1. The molecule has 0 aliphatic heterocycles. The number of benzene rings is 1. The highest BCUT2D eigenvalue weighted by atomic mass is 35.5. The predicted octanol–water partition coefficient (Wildman–Crippen LogP) is 3.54. The molecule has 1 heterocycles. The van der Waals surface area contributed by atoms with Crippen LogP contribution in [0, 0.1) is 0 Å². The maximum atomic E-state index is 9.67. The van der Waals surface area contributed by atoms with Crippen LogP contribution >= 0.6 is 12.4 Å². The first-order chi connectivity index (χ1) is 9.17. The van der Waals surface area contributed by atoms with Crippen molar-refractivity contribution in [3.63, 3.8) is 0 Å². The van der Waals surface area contributed by atoms with Crippen molar-refractivity contribution in [1.82, 2.24) is 10.3 Å². The van der Waals surface area contributed by atoms with Crippen LogP contribution in [0.5, 0.6) is 5.75 Å². The number of hydrogen-bond acceptors (Lipinski definition) is 2. The lowest BCUT2D eigenvalue weighted by Crippen LogP contribution is -2.39. The van der Waals surface area contributed by atoms with Crippen molar-refractivity contribution >= 4 is 23.3 Å². The van der Waals surface area contributed by atoms with E-state index in [2.05, 4.69) is 24.1 Å². The number of aryl methyl sites for hydroxylation is 1. The highest BCUT2D eigenvalue weighted by molar-refractivity contribution is 5.86. The highest BCUT2D eigenvalue weighted by Gasteiger charge is 2.23.